The van der Waals surface area contributed by atoms with Crippen LogP contribution in [0.4, 0.5) is 0 Å². The lowest BCUT2D eigenvalue weighted by molar-refractivity contribution is 0.749. The molecule has 0 bridgehead atoms. The van der Waals surface area contributed by atoms with Gasteiger partial charge in [0.2, 0.25) is 0 Å². The van der Waals surface area contributed by atoms with Gasteiger partial charge in [-0.3, -0.25) is 9.25 Å². The molecule has 0 aromatic carbocycles. The Morgan fingerprint density at radius 1 is 1.43 bits per heavy atom. The third kappa shape index (κ3) is 1.42. The van der Waals surface area contributed by atoms with E-state index in [0.717, 1.165) is 11.4 Å². The number of nitrogens with two attached hydrogens (primary N) is 1. The molecular formula is C9H13N5. The number of aryl methyl sites for hydroxylation is 1. The minimum Gasteiger partial charge on any atom is -0.323 e. The number of imidazole rings is 1. The SMILES string of the molecule is C[C@@H](N)c1cncn1-c1cnn(C)c1. The highest BCUT2D eigenvalue weighted by atomic mass is 15.3. The van der Waals surface area contributed by atoms with Crippen molar-refractivity contribution < 1.29 is 0 Å². The molecule has 0 saturated heterocycles. The molecule has 5 nitrogen and oxygen atoms in total. The van der Waals surface area contributed by atoms with Crippen LogP contribution in [0, 0.1) is 0 Å². The highest BCUT2D eigenvalue weighted by Crippen LogP contribution is 2.14. The van der Waals surface area contributed by atoms with Gasteiger partial charge < -0.3 is 5.73 Å². The van der Waals surface area contributed by atoms with Gasteiger partial charge in [0.1, 0.15) is 0 Å². The van der Waals surface area contributed by atoms with Gasteiger partial charge in [-0.25, -0.2) is 4.98 Å². The second-order valence-electron chi connectivity index (χ2n) is 3.35. The molecule has 0 saturated carbocycles. The molecule has 74 valence electrons. The number of hydrogen-bond donors (Lipinski definition) is 1. The molecule has 14 heavy (non-hydrogen) atoms. The van der Waals surface area contributed by atoms with Crippen LogP contribution < -0.4 is 5.73 Å². The molecule has 2 heterocycles. The van der Waals surface area contributed by atoms with Crippen LogP contribution in [0.15, 0.2) is 24.9 Å². The van der Waals surface area contributed by atoms with Crippen LogP contribution in [-0.2, 0) is 7.05 Å². The number of nitrogens with zero attached hydrogens (tertiary/aromatic N) is 4. The summed E-state index contributed by atoms with van der Waals surface area (Å²) in [6.45, 7) is 1.93. The third-order valence-corrected chi connectivity index (χ3v) is 2.10. The first-order chi connectivity index (χ1) is 6.68. The van der Waals surface area contributed by atoms with Crippen LogP contribution in [0.25, 0.3) is 5.69 Å². The van der Waals surface area contributed by atoms with Crippen LogP contribution in [-0.4, -0.2) is 19.3 Å². The van der Waals surface area contributed by atoms with Crippen LogP contribution in [0.5, 0.6) is 0 Å². The number of rotatable bonds is 2. The first-order valence-corrected chi connectivity index (χ1v) is 4.45. The van der Waals surface area contributed by atoms with Crippen molar-refractivity contribution in [2.45, 2.75) is 13.0 Å². The maximum absolute atomic E-state index is 5.82. The normalized spacial score (nSPS) is 13.1. The van der Waals surface area contributed by atoms with Crippen molar-refractivity contribution in [2.75, 3.05) is 0 Å². The number of hydrogen-bond acceptors (Lipinski definition) is 3. The quantitative estimate of drug-likeness (QED) is 0.757. The Morgan fingerprint density at radius 2 is 2.21 bits per heavy atom. The molecule has 2 rings (SSSR count). The predicted molar refractivity (Wildman–Crippen MR) is 52.9 cm³/mol. The van der Waals surface area contributed by atoms with E-state index in [2.05, 4.69) is 10.1 Å². The van der Waals surface area contributed by atoms with E-state index in [0.29, 0.717) is 0 Å². The highest BCUT2D eigenvalue weighted by molar-refractivity contribution is 5.29. The van der Waals surface area contributed by atoms with Crippen molar-refractivity contribution in [1.82, 2.24) is 19.3 Å². The average Bonchev–Trinajstić information content (AvgIpc) is 2.70. The van der Waals surface area contributed by atoms with Crippen molar-refractivity contribution in [2.24, 2.45) is 12.8 Å². The third-order valence-electron chi connectivity index (χ3n) is 2.10. The summed E-state index contributed by atoms with van der Waals surface area (Å²) in [6, 6.07) is -0.0299. The van der Waals surface area contributed by atoms with Gasteiger partial charge in [-0.1, -0.05) is 0 Å². The lowest BCUT2D eigenvalue weighted by atomic mass is 10.2. The molecule has 0 amide bonds. The Balaban J connectivity index is 2.46. The average molecular weight is 191 g/mol. The minimum atomic E-state index is -0.0299. The molecule has 2 aromatic heterocycles. The van der Waals surface area contributed by atoms with Crippen molar-refractivity contribution in [3.05, 3.63) is 30.6 Å². The summed E-state index contributed by atoms with van der Waals surface area (Å²) < 4.78 is 3.69. The molecular weight excluding hydrogens is 178 g/mol. The Labute approximate surface area is 82.2 Å². The fraction of sp³-hybridized carbons (Fsp3) is 0.333. The number of aromatic nitrogens is 4. The van der Waals surface area contributed by atoms with Gasteiger partial charge >= 0.3 is 0 Å². The van der Waals surface area contributed by atoms with Gasteiger partial charge in [-0.05, 0) is 6.92 Å². The molecule has 0 aliphatic rings. The summed E-state index contributed by atoms with van der Waals surface area (Å²) in [6.07, 6.45) is 7.23. The molecule has 2 aromatic rings. The topological polar surface area (TPSA) is 61.7 Å². The Bertz CT molecular complexity index is 426. The van der Waals surface area contributed by atoms with Crippen LogP contribution in [0.2, 0.25) is 0 Å². The fourth-order valence-corrected chi connectivity index (χ4v) is 1.39. The highest BCUT2D eigenvalue weighted by Gasteiger charge is 2.08. The summed E-state index contributed by atoms with van der Waals surface area (Å²) in [5.41, 5.74) is 7.78. The first-order valence-electron chi connectivity index (χ1n) is 4.45. The maximum Gasteiger partial charge on any atom is 0.0995 e. The summed E-state index contributed by atoms with van der Waals surface area (Å²) in [7, 11) is 1.88. The van der Waals surface area contributed by atoms with Crippen molar-refractivity contribution in [3.63, 3.8) is 0 Å². The summed E-state index contributed by atoms with van der Waals surface area (Å²) in [4.78, 5) is 4.07. The lowest BCUT2D eigenvalue weighted by Crippen LogP contribution is -2.10. The summed E-state index contributed by atoms with van der Waals surface area (Å²) in [5.74, 6) is 0. The molecule has 5 heteroatoms. The van der Waals surface area contributed by atoms with E-state index in [1.54, 1.807) is 23.4 Å². The van der Waals surface area contributed by atoms with E-state index in [1.165, 1.54) is 0 Å². The molecule has 0 radical (unpaired) electrons. The zero-order valence-corrected chi connectivity index (χ0v) is 8.25. The summed E-state index contributed by atoms with van der Waals surface area (Å²) in [5, 5.41) is 4.10. The van der Waals surface area contributed by atoms with E-state index in [4.69, 9.17) is 5.73 Å². The van der Waals surface area contributed by atoms with Gasteiger partial charge in [-0.15, -0.1) is 0 Å². The van der Waals surface area contributed by atoms with Gasteiger partial charge in [0.15, 0.2) is 0 Å². The van der Waals surface area contributed by atoms with E-state index in [1.807, 2.05) is 24.7 Å². The lowest BCUT2D eigenvalue weighted by Gasteiger charge is -2.07. The van der Waals surface area contributed by atoms with E-state index in [9.17, 15) is 0 Å². The van der Waals surface area contributed by atoms with Gasteiger partial charge in [0.05, 0.1) is 30.1 Å². The molecule has 0 fully saturated rings. The molecule has 0 unspecified atom stereocenters. The smallest absolute Gasteiger partial charge is 0.0995 e. The fourth-order valence-electron chi connectivity index (χ4n) is 1.39. The van der Waals surface area contributed by atoms with Gasteiger partial charge in [-0.2, -0.15) is 5.10 Å². The zero-order valence-electron chi connectivity index (χ0n) is 8.25. The molecule has 0 aliphatic carbocycles. The zero-order chi connectivity index (χ0) is 10.1. The van der Waals surface area contributed by atoms with Crippen molar-refractivity contribution in [1.29, 1.82) is 0 Å². The standard InChI is InChI=1S/C9H13N5/c1-7(10)9-4-11-6-14(9)8-3-12-13(2)5-8/h3-7H,10H2,1-2H3/t7-/m1/s1. The molecule has 2 N–H and O–H groups in total. The molecule has 1 atom stereocenters. The minimum absolute atomic E-state index is 0.0299. The van der Waals surface area contributed by atoms with Crippen molar-refractivity contribution in [3.8, 4) is 5.69 Å². The predicted octanol–water partition coefficient (Wildman–Crippen LogP) is 0.625. The first kappa shape index (κ1) is 8.96. The molecule has 0 aliphatic heterocycles. The maximum atomic E-state index is 5.82. The second-order valence-corrected chi connectivity index (χ2v) is 3.35. The van der Waals surface area contributed by atoms with Gasteiger partial charge in [0.25, 0.3) is 0 Å². The molecule has 0 spiro atoms. The summed E-state index contributed by atoms with van der Waals surface area (Å²) >= 11 is 0. The van der Waals surface area contributed by atoms with Crippen LogP contribution in [0.3, 0.4) is 0 Å². The Morgan fingerprint density at radius 3 is 2.79 bits per heavy atom. The van der Waals surface area contributed by atoms with E-state index < -0.39 is 0 Å². The van der Waals surface area contributed by atoms with Crippen LogP contribution >= 0.6 is 0 Å². The monoisotopic (exact) mass is 191 g/mol. The van der Waals surface area contributed by atoms with Gasteiger partial charge in [0, 0.05) is 19.3 Å². The Hall–Kier alpha value is -1.62. The van der Waals surface area contributed by atoms with Crippen molar-refractivity contribution >= 4 is 0 Å². The van der Waals surface area contributed by atoms with E-state index >= 15 is 0 Å². The Kier molecular flexibility index (Phi) is 2.09. The second kappa shape index (κ2) is 3.26. The van der Waals surface area contributed by atoms with E-state index in [-0.39, 0.29) is 6.04 Å². The van der Waals surface area contributed by atoms with Crippen LogP contribution in [0.1, 0.15) is 18.7 Å². The largest absolute Gasteiger partial charge is 0.323 e.